The maximum absolute atomic E-state index is 12.1. The van der Waals surface area contributed by atoms with Gasteiger partial charge in [-0.2, -0.15) is 0 Å². The van der Waals surface area contributed by atoms with Crippen molar-refractivity contribution < 1.29 is 4.79 Å². The Morgan fingerprint density at radius 1 is 1.35 bits per heavy atom. The van der Waals surface area contributed by atoms with Crippen LogP contribution in [-0.4, -0.2) is 36.8 Å². The van der Waals surface area contributed by atoms with Gasteiger partial charge in [0.15, 0.2) is 0 Å². The molecule has 2 heterocycles. The Kier molecular flexibility index (Phi) is 4.61. The molecule has 3 N–H and O–H groups in total. The van der Waals surface area contributed by atoms with Crippen LogP contribution in [0, 0.1) is 6.92 Å². The van der Waals surface area contributed by atoms with E-state index in [1.54, 1.807) is 0 Å². The average Bonchev–Trinajstić information content (AvgIpc) is 3.16. The number of carbonyl (C=O) groups is 1. The third-order valence-electron chi connectivity index (χ3n) is 3.39. The second-order valence-electron chi connectivity index (χ2n) is 5.16. The summed E-state index contributed by atoms with van der Waals surface area (Å²) in [4.78, 5) is 24.1. The number of rotatable bonds is 6. The number of imidazole rings is 1. The Balaban J connectivity index is 1.63. The summed E-state index contributed by atoms with van der Waals surface area (Å²) < 4.78 is 0. The molecule has 0 saturated heterocycles. The fraction of sp³-hybridized carbons (Fsp3) is 0.333. The van der Waals surface area contributed by atoms with E-state index in [0.29, 0.717) is 5.16 Å². The van der Waals surface area contributed by atoms with Crippen molar-refractivity contribution in [3.05, 3.63) is 35.9 Å². The number of fused-ring (bicyclic) bond motifs is 1. The molecule has 0 radical (unpaired) electrons. The zero-order valence-electron chi connectivity index (χ0n) is 13.0. The molecule has 1 aromatic carbocycles. The van der Waals surface area contributed by atoms with Crippen molar-refractivity contribution >= 4 is 28.7 Å². The number of aromatic nitrogens is 5. The third-order valence-corrected chi connectivity index (χ3v) is 4.24. The Hall–Kier alpha value is -2.35. The Morgan fingerprint density at radius 3 is 2.87 bits per heavy atom. The first-order valence-electron chi connectivity index (χ1n) is 7.41. The van der Waals surface area contributed by atoms with E-state index in [2.05, 4.69) is 30.5 Å². The first-order chi connectivity index (χ1) is 11.2. The molecule has 120 valence electrons. The summed E-state index contributed by atoms with van der Waals surface area (Å²) in [6, 6.07) is 7.69. The lowest BCUT2D eigenvalue weighted by Crippen LogP contribution is -2.30. The van der Waals surface area contributed by atoms with Gasteiger partial charge in [0.2, 0.25) is 11.1 Å². The van der Waals surface area contributed by atoms with Gasteiger partial charge in [0.1, 0.15) is 11.6 Å². The molecular weight excluding hydrogens is 312 g/mol. The Bertz CT molecular complexity index is 778. The molecule has 1 amide bonds. The number of amides is 1. The molecule has 0 saturated carbocycles. The van der Waals surface area contributed by atoms with Gasteiger partial charge in [-0.05, 0) is 25.5 Å². The fourth-order valence-electron chi connectivity index (χ4n) is 2.25. The number of hydrogen-bond acceptors (Lipinski definition) is 5. The third kappa shape index (κ3) is 3.70. The van der Waals surface area contributed by atoms with Gasteiger partial charge >= 0.3 is 0 Å². The first-order valence-corrected chi connectivity index (χ1v) is 8.40. The molecule has 7 nitrogen and oxygen atoms in total. The fourth-order valence-corrected chi connectivity index (χ4v) is 2.91. The van der Waals surface area contributed by atoms with Crippen LogP contribution in [0.15, 0.2) is 29.4 Å². The summed E-state index contributed by atoms with van der Waals surface area (Å²) in [7, 11) is 0. The SMILES string of the molecule is CC[C@@H](NC(=O)CSc1n[nH]c(C)n1)c1nc2ccccc2[nH]1. The molecule has 2 aromatic heterocycles. The van der Waals surface area contributed by atoms with E-state index in [1.807, 2.05) is 38.1 Å². The number of benzene rings is 1. The van der Waals surface area contributed by atoms with E-state index < -0.39 is 0 Å². The maximum atomic E-state index is 12.1. The van der Waals surface area contributed by atoms with E-state index in [-0.39, 0.29) is 17.7 Å². The molecule has 3 aromatic rings. The summed E-state index contributed by atoms with van der Waals surface area (Å²) in [6.07, 6.45) is 0.760. The molecular formula is C15H18N6OS. The van der Waals surface area contributed by atoms with Gasteiger partial charge in [0.25, 0.3) is 0 Å². The van der Waals surface area contributed by atoms with Crippen molar-refractivity contribution in [1.29, 1.82) is 0 Å². The van der Waals surface area contributed by atoms with Gasteiger partial charge in [0, 0.05) is 0 Å². The quantitative estimate of drug-likeness (QED) is 0.603. The topological polar surface area (TPSA) is 99.3 Å². The summed E-state index contributed by atoms with van der Waals surface area (Å²) in [6.45, 7) is 3.84. The molecule has 8 heteroatoms. The highest BCUT2D eigenvalue weighted by Gasteiger charge is 2.17. The van der Waals surface area contributed by atoms with Crippen LogP contribution < -0.4 is 5.32 Å². The van der Waals surface area contributed by atoms with Crippen LogP contribution in [-0.2, 0) is 4.79 Å². The van der Waals surface area contributed by atoms with Gasteiger partial charge < -0.3 is 10.3 Å². The minimum atomic E-state index is -0.135. The number of aromatic amines is 2. The van der Waals surface area contributed by atoms with Gasteiger partial charge in [0.05, 0.1) is 22.8 Å². The van der Waals surface area contributed by atoms with Crippen LogP contribution in [0.25, 0.3) is 11.0 Å². The predicted octanol–water partition coefficient (Wildman–Crippen LogP) is 2.35. The second-order valence-corrected chi connectivity index (χ2v) is 6.10. The van der Waals surface area contributed by atoms with E-state index in [9.17, 15) is 4.79 Å². The van der Waals surface area contributed by atoms with E-state index in [0.717, 1.165) is 29.1 Å². The normalized spacial score (nSPS) is 12.4. The minimum absolute atomic E-state index is 0.0650. The highest BCUT2D eigenvalue weighted by Crippen LogP contribution is 2.19. The highest BCUT2D eigenvalue weighted by atomic mass is 32.2. The molecule has 0 aliphatic carbocycles. The van der Waals surface area contributed by atoms with Gasteiger partial charge in [-0.1, -0.05) is 30.8 Å². The molecule has 0 unspecified atom stereocenters. The number of aryl methyl sites for hydroxylation is 1. The molecule has 0 fully saturated rings. The standard InChI is InChI=1S/C15H18N6OS/c1-3-10(14-18-11-6-4-5-7-12(11)19-14)17-13(22)8-23-15-16-9(2)20-21-15/h4-7,10H,3,8H2,1-2H3,(H,17,22)(H,18,19)(H,16,20,21)/t10-/m1/s1. The maximum Gasteiger partial charge on any atom is 0.231 e. The lowest BCUT2D eigenvalue weighted by atomic mass is 10.2. The van der Waals surface area contributed by atoms with Crippen molar-refractivity contribution in [3.8, 4) is 0 Å². The number of H-pyrrole nitrogens is 2. The van der Waals surface area contributed by atoms with Crippen molar-refractivity contribution in [2.45, 2.75) is 31.5 Å². The van der Waals surface area contributed by atoms with Crippen LogP contribution >= 0.6 is 11.8 Å². The molecule has 0 aliphatic heterocycles. The number of hydrogen-bond donors (Lipinski definition) is 3. The molecule has 0 bridgehead atoms. The average molecular weight is 330 g/mol. The summed E-state index contributed by atoms with van der Waals surface area (Å²) in [5, 5.41) is 10.3. The first kappa shape index (κ1) is 15.5. The van der Waals surface area contributed by atoms with Gasteiger partial charge in [-0.25, -0.2) is 9.97 Å². The van der Waals surface area contributed by atoms with Crippen molar-refractivity contribution in [3.63, 3.8) is 0 Å². The van der Waals surface area contributed by atoms with Crippen LogP contribution in [0.1, 0.15) is 31.0 Å². The van der Waals surface area contributed by atoms with Crippen molar-refractivity contribution in [2.75, 3.05) is 5.75 Å². The molecule has 0 aliphatic rings. The molecule has 23 heavy (non-hydrogen) atoms. The highest BCUT2D eigenvalue weighted by molar-refractivity contribution is 7.99. The lowest BCUT2D eigenvalue weighted by Gasteiger charge is -2.14. The van der Waals surface area contributed by atoms with Crippen LogP contribution in [0.3, 0.4) is 0 Å². The van der Waals surface area contributed by atoms with E-state index >= 15 is 0 Å². The van der Waals surface area contributed by atoms with Gasteiger partial charge in [-0.15, -0.1) is 5.10 Å². The number of thioether (sulfide) groups is 1. The van der Waals surface area contributed by atoms with Crippen molar-refractivity contribution in [1.82, 2.24) is 30.5 Å². The molecule has 3 rings (SSSR count). The lowest BCUT2D eigenvalue weighted by molar-refractivity contribution is -0.119. The monoisotopic (exact) mass is 330 g/mol. The number of nitrogens with zero attached hydrogens (tertiary/aromatic N) is 3. The Morgan fingerprint density at radius 2 is 2.17 bits per heavy atom. The Labute approximate surface area is 137 Å². The zero-order chi connectivity index (χ0) is 16.2. The van der Waals surface area contributed by atoms with Crippen LogP contribution in [0.2, 0.25) is 0 Å². The second kappa shape index (κ2) is 6.82. The number of carbonyl (C=O) groups excluding carboxylic acids is 1. The van der Waals surface area contributed by atoms with Crippen LogP contribution in [0.4, 0.5) is 0 Å². The summed E-state index contributed by atoms with van der Waals surface area (Å²) >= 11 is 1.31. The van der Waals surface area contributed by atoms with Crippen LogP contribution in [0.5, 0.6) is 0 Å². The predicted molar refractivity (Wildman–Crippen MR) is 89.1 cm³/mol. The van der Waals surface area contributed by atoms with Crippen molar-refractivity contribution in [2.24, 2.45) is 0 Å². The largest absolute Gasteiger partial charge is 0.345 e. The summed E-state index contributed by atoms with van der Waals surface area (Å²) in [5.74, 6) is 1.72. The minimum Gasteiger partial charge on any atom is -0.345 e. The summed E-state index contributed by atoms with van der Waals surface area (Å²) in [5.41, 5.74) is 1.88. The van der Waals surface area contributed by atoms with E-state index in [1.165, 1.54) is 11.8 Å². The molecule has 1 atom stereocenters. The number of nitrogens with one attached hydrogen (secondary N) is 3. The zero-order valence-corrected chi connectivity index (χ0v) is 13.8. The van der Waals surface area contributed by atoms with E-state index in [4.69, 9.17) is 0 Å². The molecule has 0 spiro atoms. The van der Waals surface area contributed by atoms with Gasteiger partial charge in [-0.3, -0.25) is 9.89 Å². The smallest absolute Gasteiger partial charge is 0.231 e. The number of para-hydroxylation sites is 2.